The Morgan fingerprint density at radius 3 is 2.65 bits per heavy atom. The lowest BCUT2D eigenvalue weighted by Gasteiger charge is -2.30. The van der Waals surface area contributed by atoms with Crippen LogP contribution in [-0.4, -0.2) is 61.1 Å². The number of amides is 2. The Morgan fingerprint density at radius 2 is 1.96 bits per heavy atom. The molecule has 26 heavy (non-hydrogen) atoms. The predicted octanol–water partition coefficient (Wildman–Crippen LogP) is 0.959. The van der Waals surface area contributed by atoms with Crippen LogP contribution in [0.1, 0.15) is 18.5 Å². The zero-order valence-electron chi connectivity index (χ0n) is 15.0. The van der Waals surface area contributed by atoms with Crippen LogP contribution >= 0.6 is 0 Å². The SMILES string of the molecule is C=CC(=O)N1CCC(C(=O)NCc2cccc(N3CCOCC3)n2)CC1. The molecule has 1 aromatic heterocycles. The summed E-state index contributed by atoms with van der Waals surface area (Å²) in [5.74, 6) is 0.852. The zero-order valence-corrected chi connectivity index (χ0v) is 15.0. The summed E-state index contributed by atoms with van der Waals surface area (Å²) in [5, 5.41) is 2.99. The monoisotopic (exact) mass is 358 g/mol. The normalized spacial score (nSPS) is 18.5. The second-order valence-corrected chi connectivity index (χ2v) is 6.61. The molecule has 2 fully saturated rings. The van der Waals surface area contributed by atoms with Crippen molar-refractivity contribution in [1.29, 1.82) is 0 Å². The summed E-state index contributed by atoms with van der Waals surface area (Å²) in [6.07, 6.45) is 2.70. The third-order valence-electron chi connectivity index (χ3n) is 4.92. The van der Waals surface area contributed by atoms with Crippen molar-refractivity contribution in [1.82, 2.24) is 15.2 Å². The number of hydrogen-bond acceptors (Lipinski definition) is 5. The summed E-state index contributed by atoms with van der Waals surface area (Å²) in [4.78, 5) is 32.6. The van der Waals surface area contributed by atoms with Crippen LogP contribution in [0.2, 0.25) is 0 Å². The Balaban J connectivity index is 1.49. The van der Waals surface area contributed by atoms with E-state index < -0.39 is 0 Å². The molecule has 2 amide bonds. The number of anilines is 1. The number of carbonyl (C=O) groups excluding carboxylic acids is 2. The van der Waals surface area contributed by atoms with Gasteiger partial charge in [0, 0.05) is 32.1 Å². The first-order valence-electron chi connectivity index (χ1n) is 9.15. The number of aromatic nitrogens is 1. The highest BCUT2D eigenvalue weighted by atomic mass is 16.5. The molecule has 0 bridgehead atoms. The number of hydrogen-bond donors (Lipinski definition) is 1. The Morgan fingerprint density at radius 1 is 1.23 bits per heavy atom. The first kappa shape index (κ1) is 18.4. The van der Waals surface area contributed by atoms with Crippen LogP contribution in [-0.2, 0) is 20.9 Å². The Labute approximate surface area is 154 Å². The molecule has 3 heterocycles. The molecule has 0 aliphatic carbocycles. The highest BCUT2D eigenvalue weighted by Gasteiger charge is 2.26. The molecule has 0 atom stereocenters. The smallest absolute Gasteiger partial charge is 0.245 e. The topological polar surface area (TPSA) is 74.8 Å². The Hall–Kier alpha value is -2.41. The minimum absolute atomic E-state index is 0.0364. The molecule has 0 radical (unpaired) electrons. The van der Waals surface area contributed by atoms with Gasteiger partial charge in [0.05, 0.1) is 25.5 Å². The molecule has 0 spiro atoms. The lowest BCUT2D eigenvalue weighted by atomic mass is 9.96. The van der Waals surface area contributed by atoms with Gasteiger partial charge in [-0.1, -0.05) is 12.6 Å². The standard InChI is InChI=1S/C19H26N4O3/c1-2-18(24)23-8-6-15(7-9-23)19(25)20-14-16-4-3-5-17(21-16)22-10-12-26-13-11-22/h2-5,15H,1,6-14H2,(H,20,25). The van der Waals surface area contributed by atoms with Crippen LogP contribution in [0.3, 0.4) is 0 Å². The zero-order chi connectivity index (χ0) is 18.4. The molecule has 0 aromatic carbocycles. The molecule has 0 unspecified atom stereocenters. The number of carbonyl (C=O) groups is 2. The molecule has 2 aliphatic rings. The number of nitrogens with one attached hydrogen (secondary N) is 1. The van der Waals surface area contributed by atoms with Crippen molar-refractivity contribution in [3.05, 3.63) is 36.5 Å². The van der Waals surface area contributed by atoms with Crippen LogP contribution in [0.5, 0.6) is 0 Å². The number of pyridine rings is 1. The minimum atomic E-state index is -0.0621. The van der Waals surface area contributed by atoms with Gasteiger partial charge in [-0.25, -0.2) is 4.98 Å². The second-order valence-electron chi connectivity index (χ2n) is 6.61. The molecular formula is C19H26N4O3. The predicted molar refractivity (Wildman–Crippen MR) is 98.6 cm³/mol. The molecule has 3 rings (SSSR count). The fourth-order valence-corrected chi connectivity index (χ4v) is 3.35. The number of morpholine rings is 1. The van der Waals surface area contributed by atoms with Gasteiger partial charge >= 0.3 is 0 Å². The summed E-state index contributed by atoms with van der Waals surface area (Å²) < 4.78 is 5.37. The van der Waals surface area contributed by atoms with E-state index in [9.17, 15) is 9.59 Å². The Kier molecular flexibility index (Phi) is 6.22. The molecule has 1 aromatic rings. The van der Waals surface area contributed by atoms with Gasteiger partial charge in [-0.3, -0.25) is 9.59 Å². The maximum absolute atomic E-state index is 12.4. The van der Waals surface area contributed by atoms with Gasteiger partial charge in [0.25, 0.3) is 0 Å². The average Bonchev–Trinajstić information content (AvgIpc) is 2.72. The molecular weight excluding hydrogens is 332 g/mol. The van der Waals surface area contributed by atoms with Gasteiger partial charge in [0.15, 0.2) is 0 Å². The Bertz CT molecular complexity index is 650. The van der Waals surface area contributed by atoms with Crippen molar-refractivity contribution in [2.24, 2.45) is 5.92 Å². The molecule has 140 valence electrons. The largest absolute Gasteiger partial charge is 0.378 e. The van der Waals surface area contributed by atoms with E-state index in [1.165, 1.54) is 6.08 Å². The third kappa shape index (κ3) is 4.60. The fraction of sp³-hybridized carbons (Fsp3) is 0.526. The van der Waals surface area contributed by atoms with E-state index >= 15 is 0 Å². The van der Waals surface area contributed by atoms with E-state index in [0.717, 1.165) is 37.8 Å². The highest BCUT2D eigenvalue weighted by Crippen LogP contribution is 2.18. The first-order chi connectivity index (χ1) is 12.7. The summed E-state index contributed by atoms with van der Waals surface area (Å²) in [6, 6.07) is 5.89. The molecule has 7 heteroatoms. The first-order valence-corrected chi connectivity index (χ1v) is 9.15. The summed E-state index contributed by atoms with van der Waals surface area (Å²) in [5.41, 5.74) is 0.849. The maximum Gasteiger partial charge on any atom is 0.245 e. The van der Waals surface area contributed by atoms with Crippen LogP contribution < -0.4 is 10.2 Å². The van der Waals surface area contributed by atoms with Crippen molar-refractivity contribution in [2.45, 2.75) is 19.4 Å². The van der Waals surface area contributed by atoms with Crippen molar-refractivity contribution in [2.75, 3.05) is 44.3 Å². The van der Waals surface area contributed by atoms with Gasteiger partial charge in [0.2, 0.25) is 11.8 Å². The molecule has 1 N–H and O–H groups in total. The van der Waals surface area contributed by atoms with Crippen LogP contribution in [0.15, 0.2) is 30.9 Å². The third-order valence-corrected chi connectivity index (χ3v) is 4.92. The summed E-state index contributed by atoms with van der Waals surface area (Å²) >= 11 is 0. The van der Waals surface area contributed by atoms with E-state index in [-0.39, 0.29) is 17.7 Å². The van der Waals surface area contributed by atoms with E-state index in [0.29, 0.717) is 32.5 Å². The van der Waals surface area contributed by atoms with Gasteiger partial charge in [0.1, 0.15) is 5.82 Å². The van der Waals surface area contributed by atoms with E-state index in [4.69, 9.17) is 4.74 Å². The lowest BCUT2D eigenvalue weighted by molar-refractivity contribution is -0.132. The number of piperidine rings is 1. The van der Waals surface area contributed by atoms with Crippen LogP contribution in [0, 0.1) is 5.92 Å². The van der Waals surface area contributed by atoms with E-state index in [1.54, 1.807) is 4.90 Å². The number of nitrogens with zero attached hydrogens (tertiary/aromatic N) is 3. The average molecular weight is 358 g/mol. The number of rotatable bonds is 5. The lowest BCUT2D eigenvalue weighted by Crippen LogP contribution is -2.42. The molecule has 2 aliphatic heterocycles. The second kappa shape index (κ2) is 8.80. The molecule has 0 saturated carbocycles. The van der Waals surface area contributed by atoms with E-state index in [2.05, 4.69) is 21.8 Å². The van der Waals surface area contributed by atoms with Gasteiger partial charge < -0.3 is 19.9 Å². The minimum Gasteiger partial charge on any atom is -0.378 e. The number of ether oxygens (including phenoxy) is 1. The van der Waals surface area contributed by atoms with Crippen LogP contribution in [0.4, 0.5) is 5.82 Å². The molecule has 7 nitrogen and oxygen atoms in total. The van der Waals surface area contributed by atoms with Crippen molar-refractivity contribution < 1.29 is 14.3 Å². The number of likely N-dealkylation sites (tertiary alicyclic amines) is 1. The van der Waals surface area contributed by atoms with Crippen molar-refractivity contribution >= 4 is 17.6 Å². The maximum atomic E-state index is 12.4. The quantitative estimate of drug-likeness (QED) is 0.794. The summed E-state index contributed by atoms with van der Waals surface area (Å²) in [7, 11) is 0. The van der Waals surface area contributed by atoms with Crippen LogP contribution in [0.25, 0.3) is 0 Å². The van der Waals surface area contributed by atoms with Gasteiger partial charge in [-0.15, -0.1) is 0 Å². The van der Waals surface area contributed by atoms with Crippen molar-refractivity contribution in [3.8, 4) is 0 Å². The van der Waals surface area contributed by atoms with Crippen molar-refractivity contribution in [3.63, 3.8) is 0 Å². The molecule has 2 saturated heterocycles. The summed E-state index contributed by atoms with van der Waals surface area (Å²) in [6.45, 7) is 8.25. The van der Waals surface area contributed by atoms with E-state index in [1.807, 2.05) is 18.2 Å². The fourth-order valence-electron chi connectivity index (χ4n) is 3.35. The van der Waals surface area contributed by atoms with Gasteiger partial charge in [-0.05, 0) is 31.1 Å². The van der Waals surface area contributed by atoms with Gasteiger partial charge in [-0.2, -0.15) is 0 Å². The highest BCUT2D eigenvalue weighted by molar-refractivity contribution is 5.87.